The molecule has 2 atom stereocenters. The van der Waals surface area contributed by atoms with Crippen LogP contribution in [0, 0.1) is 0 Å². The predicted octanol–water partition coefficient (Wildman–Crippen LogP) is 0.919. The molecule has 21 heavy (non-hydrogen) atoms. The number of aliphatic hydroxyl groups excluding tert-OH is 1. The van der Waals surface area contributed by atoms with E-state index in [1.807, 2.05) is 0 Å². The number of fused-ring (bicyclic) bond motifs is 1. The van der Waals surface area contributed by atoms with Crippen LogP contribution in [-0.4, -0.2) is 30.8 Å². The summed E-state index contributed by atoms with van der Waals surface area (Å²) >= 11 is 0. The highest BCUT2D eigenvalue weighted by atomic mass is 19.4. The molecule has 3 rings (SSSR count). The Balaban J connectivity index is 2.12. The predicted molar refractivity (Wildman–Crippen MR) is 61.9 cm³/mol. The number of hydrogen-bond donors (Lipinski definition) is 2. The second-order valence-corrected chi connectivity index (χ2v) is 4.34. The van der Waals surface area contributed by atoms with Gasteiger partial charge in [-0.15, -0.1) is 0 Å². The average molecular weight is 299 g/mol. The fourth-order valence-electron chi connectivity index (χ4n) is 2.17. The molecule has 1 amide bonds. The van der Waals surface area contributed by atoms with Crippen molar-refractivity contribution in [2.45, 2.75) is 18.3 Å². The molecule has 0 aliphatic carbocycles. The smallest absolute Gasteiger partial charge is 0.370 e. The fourth-order valence-corrected chi connectivity index (χ4v) is 2.17. The van der Waals surface area contributed by atoms with Crippen LogP contribution in [0.2, 0.25) is 0 Å². The molecule has 0 aromatic carbocycles. The lowest BCUT2D eigenvalue weighted by atomic mass is 9.96. The molecular weight excluding hydrogens is 291 g/mol. The van der Waals surface area contributed by atoms with Gasteiger partial charge in [-0.25, -0.2) is 4.68 Å². The molecule has 1 aliphatic heterocycles. The Morgan fingerprint density at radius 3 is 2.81 bits per heavy atom. The van der Waals surface area contributed by atoms with Gasteiger partial charge >= 0.3 is 6.18 Å². The normalized spacial score (nSPS) is 21.8. The molecule has 0 radical (unpaired) electrons. The molecule has 0 fully saturated rings. The molecule has 0 saturated carbocycles. The second-order valence-electron chi connectivity index (χ2n) is 4.34. The molecule has 0 bridgehead atoms. The highest BCUT2D eigenvalue weighted by Crippen LogP contribution is 2.39. The average Bonchev–Trinajstić information content (AvgIpc) is 2.86. The third-order valence-electron chi connectivity index (χ3n) is 3.08. The van der Waals surface area contributed by atoms with Crippen molar-refractivity contribution in [1.82, 2.24) is 19.7 Å². The molecule has 1 aliphatic rings. The third kappa shape index (κ3) is 2.13. The number of anilines is 1. The Morgan fingerprint density at radius 2 is 2.10 bits per heavy atom. The third-order valence-corrected chi connectivity index (χ3v) is 3.08. The summed E-state index contributed by atoms with van der Waals surface area (Å²) < 4.78 is 39.9. The topological polar surface area (TPSA) is 92.9 Å². The van der Waals surface area contributed by atoms with E-state index in [1.54, 1.807) is 0 Å². The quantitative estimate of drug-likeness (QED) is 0.816. The number of amides is 1. The van der Waals surface area contributed by atoms with Gasteiger partial charge in [0.2, 0.25) is 11.9 Å². The molecule has 2 aromatic heterocycles. The summed E-state index contributed by atoms with van der Waals surface area (Å²) in [6.45, 7) is 0. The molecule has 110 valence electrons. The van der Waals surface area contributed by atoms with Gasteiger partial charge in [-0.05, 0) is 12.1 Å². The van der Waals surface area contributed by atoms with Crippen LogP contribution in [0.25, 0.3) is 0 Å². The van der Waals surface area contributed by atoms with E-state index in [2.05, 4.69) is 20.4 Å². The zero-order valence-corrected chi connectivity index (χ0v) is 10.2. The van der Waals surface area contributed by atoms with E-state index in [0.29, 0.717) is 0 Å². The molecular formula is C11H8F3N5O2. The van der Waals surface area contributed by atoms with Crippen LogP contribution < -0.4 is 5.32 Å². The SMILES string of the molecule is O=C1Nc2ncnn2C(O)C1c1ncccc1C(F)(F)F. The summed E-state index contributed by atoms with van der Waals surface area (Å²) in [5, 5.41) is 16.1. The lowest BCUT2D eigenvalue weighted by molar-refractivity contribution is -0.139. The number of alkyl halides is 3. The van der Waals surface area contributed by atoms with E-state index in [4.69, 9.17) is 0 Å². The molecule has 7 nitrogen and oxygen atoms in total. The molecule has 3 heterocycles. The lowest BCUT2D eigenvalue weighted by Gasteiger charge is -2.28. The number of aromatic nitrogens is 4. The first kappa shape index (κ1) is 13.5. The number of nitrogens with zero attached hydrogens (tertiary/aromatic N) is 4. The fraction of sp³-hybridized carbons (Fsp3) is 0.273. The van der Waals surface area contributed by atoms with Crippen molar-refractivity contribution in [3.8, 4) is 0 Å². The summed E-state index contributed by atoms with van der Waals surface area (Å²) in [6.07, 6.45) is -4.11. The number of hydrogen-bond acceptors (Lipinski definition) is 5. The minimum Gasteiger partial charge on any atom is -0.370 e. The highest BCUT2D eigenvalue weighted by molar-refractivity contribution is 5.96. The van der Waals surface area contributed by atoms with Gasteiger partial charge < -0.3 is 5.11 Å². The number of rotatable bonds is 1. The van der Waals surface area contributed by atoms with Crippen molar-refractivity contribution in [3.63, 3.8) is 0 Å². The van der Waals surface area contributed by atoms with Crippen LogP contribution in [0.5, 0.6) is 0 Å². The first-order valence-corrected chi connectivity index (χ1v) is 5.80. The van der Waals surface area contributed by atoms with E-state index in [1.165, 1.54) is 0 Å². The molecule has 2 N–H and O–H groups in total. The number of carbonyl (C=O) groups excluding carboxylic acids is 1. The summed E-state index contributed by atoms with van der Waals surface area (Å²) in [5.74, 6) is -2.39. The Labute approximate surface area is 115 Å². The van der Waals surface area contributed by atoms with Crippen LogP contribution >= 0.6 is 0 Å². The highest BCUT2D eigenvalue weighted by Gasteiger charge is 2.44. The van der Waals surface area contributed by atoms with Gasteiger partial charge in [-0.1, -0.05) is 0 Å². The standard InChI is InChI=1S/C11H8F3N5O2/c12-11(13,14)5-2-1-3-15-7(5)6-8(20)18-10-16-4-17-19(10)9(6)21/h1-4,6,9,21H,(H,16,17,18,20). The number of pyridine rings is 1. The number of nitrogens with one attached hydrogen (secondary N) is 1. The Hall–Kier alpha value is -2.49. The molecule has 0 spiro atoms. The molecule has 0 saturated heterocycles. The van der Waals surface area contributed by atoms with E-state index in [0.717, 1.165) is 29.3 Å². The first-order valence-electron chi connectivity index (χ1n) is 5.80. The number of halogens is 3. The van der Waals surface area contributed by atoms with Gasteiger partial charge in [-0.2, -0.15) is 23.3 Å². The summed E-state index contributed by atoms with van der Waals surface area (Å²) in [6, 6.07) is 1.92. The van der Waals surface area contributed by atoms with Gasteiger partial charge in [0, 0.05) is 6.20 Å². The number of aliphatic hydroxyl groups is 1. The van der Waals surface area contributed by atoms with Crippen LogP contribution in [0.1, 0.15) is 23.4 Å². The minimum absolute atomic E-state index is 0.0340. The van der Waals surface area contributed by atoms with Gasteiger partial charge in [0.05, 0.1) is 11.3 Å². The largest absolute Gasteiger partial charge is 0.418 e. The van der Waals surface area contributed by atoms with E-state index >= 15 is 0 Å². The maximum absolute atomic E-state index is 13.0. The Kier molecular flexibility index (Phi) is 2.90. The zero-order valence-electron chi connectivity index (χ0n) is 10.2. The van der Waals surface area contributed by atoms with Crippen molar-refractivity contribution in [2.24, 2.45) is 0 Å². The van der Waals surface area contributed by atoms with E-state index < -0.39 is 35.5 Å². The first-order chi connectivity index (χ1) is 9.89. The molecule has 2 unspecified atom stereocenters. The van der Waals surface area contributed by atoms with Crippen molar-refractivity contribution >= 4 is 11.9 Å². The van der Waals surface area contributed by atoms with Gasteiger partial charge in [0.25, 0.3) is 0 Å². The zero-order chi connectivity index (χ0) is 15.2. The van der Waals surface area contributed by atoms with Crippen molar-refractivity contribution in [2.75, 3.05) is 5.32 Å². The van der Waals surface area contributed by atoms with Gasteiger partial charge in [0.15, 0.2) is 6.23 Å². The van der Waals surface area contributed by atoms with Crippen LogP contribution in [0.15, 0.2) is 24.7 Å². The maximum Gasteiger partial charge on any atom is 0.418 e. The van der Waals surface area contributed by atoms with Crippen LogP contribution in [0.3, 0.4) is 0 Å². The molecule has 2 aromatic rings. The molecule has 10 heteroatoms. The van der Waals surface area contributed by atoms with Crippen LogP contribution in [0.4, 0.5) is 19.1 Å². The van der Waals surface area contributed by atoms with E-state index in [9.17, 15) is 23.1 Å². The maximum atomic E-state index is 13.0. The monoisotopic (exact) mass is 299 g/mol. The number of carbonyl (C=O) groups is 1. The Morgan fingerprint density at radius 1 is 1.33 bits per heavy atom. The van der Waals surface area contributed by atoms with E-state index in [-0.39, 0.29) is 5.95 Å². The summed E-state index contributed by atoms with van der Waals surface area (Å²) in [4.78, 5) is 19.3. The van der Waals surface area contributed by atoms with Crippen molar-refractivity contribution in [1.29, 1.82) is 0 Å². The van der Waals surface area contributed by atoms with Gasteiger partial charge in [0.1, 0.15) is 12.2 Å². The van der Waals surface area contributed by atoms with Crippen molar-refractivity contribution < 1.29 is 23.1 Å². The lowest BCUT2D eigenvalue weighted by Crippen LogP contribution is -2.38. The summed E-state index contributed by atoms with van der Waals surface area (Å²) in [7, 11) is 0. The Bertz CT molecular complexity index is 699. The van der Waals surface area contributed by atoms with Gasteiger partial charge in [-0.3, -0.25) is 15.1 Å². The minimum atomic E-state index is -4.69. The second kappa shape index (κ2) is 4.52. The van der Waals surface area contributed by atoms with Crippen molar-refractivity contribution in [3.05, 3.63) is 35.9 Å². The van der Waals surface area contributed by atoms with Crippen LogP contribution in [-0.2, 0) is 11.0 Å². The summed E-state index contributed by atoms with van der Waals surface area (Å²) in [5.41, 5.74) is -1.64.